The number of hydrogen-bond donors (Lipinski definition) is 1. The van der Waals surface area contributed by atoms with Gasteiger partial charge in [0, 0.05) is 5.56 Å². The van der Waals surface area contributed by atoms with Gasteiger partial charge in [-0.1, -0.05) is 103 Å². The third kappa shape index (κ3) is 12.2. The number of carbonyl (C=O) groups is 1. The van der Waals surface area contributed by atoms with E-state index < -0.39 is 5.91 Å². The monoisotopic (exact) mass is 449 g/mol. The molecule has 1 rings (SSSR count). The second kappa shape index (κ2) is 18.6. The standard InChI is InChI=1S/C27H47NO4/c1-4-5-6-7-8-9-10-11-12-13-14-15-16-17-18-19-20-32-26-24(30-2)21-23(27(28)29)22-25(26)31-3/h21-22H,4-20H2,1-3H3,(H2,28,29). The Hall–Kier alpha value is -1.91. The molecule has 5 nitrogen and oxygen atoms in total. The topological polar surface area (TPSA) is 70.8 Å². The van der Waals surface area contributed by atoms with Crippen molar-refractivity contribution in [3.63, 3.8) is 0 Å². The number of hydrogen-bond acceptors (Lipinski definition) is 4. The minimum absolute atomic E-state index is 0.341. The maximum absolute atomic E-state index is 11.4. The van der Waals surface area contributed by atoms with Gasteiger partial charge in [0.2, 0.25) is 11.7 Å². The SMILES string of the molecule is CCCCCCCCCCCCCCCCCCOc1c(OC)cc(C(N)=O)cc1OC. The molecule has 1 amide bonds. The number of methoxy groups -OCH3 is 2. The summed E-state index contributed by atoms with van der Waals surface area (Å²) < 4.78 is 16.6. The molecule has 0 aromatic heterocycles. The highest BCUT2D eigenvalue weighted by molar-refractivity contribution is 5.94. The average molecular weight is 450 g/mol. The van der Waals surface area contributed by atoms with Crippen LogP contribution in [0.1, 0.15) is 120 Å². The minimum atomic E-state index is -0.522. The molecule has 32 heavy (non-hydrogen) atoms. The van der Waals surface area contributed by atoms with Crippen LogP contribution in [0.5, 0.6) is 17.2 Å². The summed E-state index contributed by atoms with van der Waals surface area (Å²) in [4.78, 5) is 11.4. The Bertz CT molecular complexity index is 593. The van der Waals surface area contributed by atoms with Gasteiger partial charge < -0.3 is 19.9 Å². The number of ether oxygens (including phenoxy) is 3. The van der Waals surface area contributed by atoms with Crippen LogP contribution in [0.25, 0.3) is 0 Å². The van der Waals surface area contributed by atoms with E-state index in [1.807, 2.05) is 0 Å². The quantitative estimate of drug-likeness (QED) is 0.198. The summed E-state index contributed by atoms with van der Waals surface area (Å²) >= 11 is 0. The fraction of sp³-hybridized carbons (Fsp3) is 0.741. The number of unbranched alkanes of at least 4 members (excludes halogenated alkanes) is 15. The van der Waals surface area contributed by atoms with Crippen molar-refractivity contribution in [2.45, 2.75) is 110 Å². The Morgan fingerprint density at radius 3 is 1.41 bits per heavy atom. The summed E-state index contributed by atoms with van der Waals surface area (Å²) in [6.07, 6.45) is 21.5. The number of rotatable bonds is 21. The predicted molar refractivity (Wildman–Crippen MR) is 133 cm³/mol. The molecule has 0 radical (unpaired) electrons. The van der Waals surface area contributed by atoms with Gasteiger partial charge in [-0.15, -0.1) is 0 Å². The van der Waals surface area contributed by atoms with Gasteiger partial charge in [-0.25, -0.2) is 0 Å². The van der Waals surface area contributed by atoms with Gasteiger partial charge in [-0.3, -0.25) is 4.79 Å². The molecule has 0 spiro atoms. The van der Waals surface area contributed by atoms with Crippen LogP contribution in [0.2, 0.25) is 0 Å². The largest absolute Gasteiger partial charge is 0.493 e. The third-order valence-electron chi connectivity index (χ3n) is 5.99. The molecule has 0 saturated carbocycles. The first-order valence-electron chi connectivity index (χ1n) is 12.8. The zero-order chi connectivity index (χ0) is 23.4. The Balaban J connectivity index is 2.04. The van der Waals surface area contributed by atoms with Crippen molar-refractivity contribution in [3.8, 4) is 17.2 Å². The molecule has 0 unspecified atom stereocenters. The summed E-state index contributed by atoms with van der Waals surface area (Å²) in [6, 6.07) is 3.18. The molecular weight excluding hydrogens is 402 g/mol. The molecule has 0 fully saturated rings. The second-order valence-electron chi connectivity index (χ2n) is 8.73. The van der Waals surface area contributed by atoms with Gasteiger partial charge in [0.05, 0.1) is 20.8 Å². The Labute approximate surface area is 196 Å². The van der Waals surface area contributed by atoms with Gasteiger partial charge >= 0.3 is 0 Å². The maximum Gasteiger partial charge on any atom is 0.248 e. The van der Waals surface area contributed by atoms with Crippen LogP contribution in [0.3, 0.4) is 0 Å². The van der Waals surface area contributed by atoms with Crippen LogP contribution in [0, 0.1) is 0 Å². The van der Waals surface area contributed by atoms with Crippen molar-refractivity contribution in [3.05, 3.63) is 17.7 Å². The normalized spacial score (nSPS) is 10.8. The van der Waals surface area contributed by atoms with E-state index >= 15 is 0 Å². The molecular formula is C27H47NO4. The molecule has 1 aromatic rings. The molecule has 0 heterocycles. The van der Waals surface area contributed by atoms with Gasteiger partial charge in [0.25, 0.3) is 0 Å². The number of benzene rings is 1. The van der Waals surface area contributed by atoms with Crippen LogP contribution in [0.15, 0.2) is 12.1 Å². The van der Waals surface area contributed by atoms with Crippen LogP contribution >= 0.6 is 0 Å². The number of carbonyl (C=O) groups excluding carboxylic acids is 1. The van der Waals surface area contributed by atoms with E-state index in [1.54, 1.807) is 26.4 Å². The van der Waals surface area contributed by atoms with E-state index in [9.17, 15) is 4.79 Å². The highest BCUT2D eigenvalue weighted by Gasteiger charge is 2.16. The van der Waals surface area contributed by atoms with Gasteiger partial charge in [0.15, 0.2) is 11.5 Å². The fourth-order valence-electron chi connectivity index (χ4n) is 3.99. The zero-order valence-electron chi connectivity index (χ0n) is 20.9. The summed E-state index contributed by atoms with van der Waals surface area (Å²) in [5, 5.41) is 0. The first-order chi connectivity index (χ1) is 15.6. The van der Waals surface area contributed by atoms with Crippen molar-refractivity contribution in [1.82, 2.24) is 0 Å². The number of amides is 1. The molecule has 0 aliphatic carbocycles. The van der Waals surface area contributed by atoms with Gasteiger partial charge in [-0.05, 0) is 18.6 Å². The lowest BCUT2D eigenvalue weighted by Gasteiger charge is -2.15. The fourth-order valence-corrected chi connectivity index (χ4v) is 3.99. The molecule has 184 valence electrons. The summed E-state index contributed by atoms with van der Waals surface area (Å²) in [6.45, 7) is 2.88. The highest BCUT2D eigenvalue weighted by Crippen LogP contribution is 2.38. The molecule has 0 aliphatic heterocycles. The van der Waals surface area contributed by atoms with E-state index in [1.165, 1.54) is 89.9 Å². The molecule has 5 heteroatoms. The highest BCUT2D eigenvalue weighted by atomic mass is 16.5. The smallest absolute Gasteiger partial charge is 0.248 e. The zero-order valence-corrected chi connectivity index (χ0v) is 20.9. The minimum Gasteiger partial charge on any atom is -0.493 e. The third-order valence-corrected chi connectivity index (χ3v) is 5.99. The van der Waals surface area contributed by atoms with E-state index in [2.05, 4.69) is 6.92 Å². The van der Waals surface area contributed by atoms with E-state index in [-0.39, 0.29) is 0 Å². The van der Waals surface area contributed by atoms with Crippen molar-refractivity contribution in [2.24, 2.45) is 5.73 Å². The van der Waals surface area contributed by atoms with Crippen LogP contribution < -0.4 is 19.9 Å². The predicted octanol–water partition coefficient (Wildman–Crippen LogP) is 7.44. The molecule has 0 aliphatic rings. The second-order valence-corrected chi connectivity index (χ2v) is 8.73. The van der Waals surface area contributed by atoms with Gasteiger partial charge in [-0.2, -0.15) is 0 Å². The molecule has 1 aromatic carbocycles. The Kier molecular flexibility index (Phi) is 16.4. The van der Waals surface area contributed by atoms with Gasteiger partial charge in [0.1, 0.15) is 0 Å². The number of primary amides is 1. The van der Waals surface area contributed by atoms with E-state index in [4.69, 9.17) is 19.9 Å². The van der Waals surface area contributed by atoms with Crippen molar-refractivity contribution in [1.29, 1.82) is 0 Å². The van der Waals surface area contributed by atoms with E-state index in [0.717, 1.165) is 12.8 Å². The lowest BCUT2D eigenvalue weighted by Crippen LogP contribution is -2.12. The Morgan fingerprint density at radius 2 is 1.06 bits per heavy atom. The lowest BCUT2D eigenvalue weighted by atomic mass is 10.0. The van der Waals surface area contributed by atoms with Crippen LogP contribution in [-0.4, -0.2) is 26.7 Å². The Morgan fingerprint density at radius 1 is 0.688 bits per heavy atom. The van der Waals surface area contributed by atoms with Crippen molar-refractivity contribution < 1.29 is 19.0 Å². The first-order valence-corrected chi connectivity index (χ1v) is 12.8. The summed E-state index contributed by atoms with van der Waals surface area (Å²) in [7, 11) is 3.09. The van der Waals surface area contributed by atoms with Crippen molar-refractivity contribution >= 4 is 5.91 Å². The van der Waals surface area contributed by atoms with Crippen LogP contribution in [0.4, 0.5) is 0 Å². The van der Waals surface area contributed by atoms with E-state index in [0.29, 0.717) is 29.4 Å². The maximum atomic E-state index is 11.4. The van der Waals surface area contributed by atoms with Crippen LogP contribution in [-0.2, 0) is 0 Å². The molecule has 0 bridgehead atoms. The summed E-state index contributed by atoms with van der Waals surface area (Å²) in [5.41, 5.74) is 5.71. The van der Waals surface area contributed by atoms with Crippen molar-refractivity contribution in [2.75, 3.05) is 20.8 Å². The molecule has 2 N–H and O–H groups in total. The number of nitrogens with two attached hydrogens (primary N) is 1. The summed E-state index contributed by atoms with van der Waals surface area (Å²) in [5.74, 6) is 0.941. The average Bonchev–Trinajstić information content (AvgIpc) is 2.80. The first kappa shape index (κ1) is 28.1. The molecule has 0 atom stereocenters. The lowest BCUT2D eigenvalue weighted by molar-refractivity contribution is 0.0999. The molecule has 0 saturated heterocycles.